The Bertz CT molecular complexity index is 1420. The fraction of sp³-hybridized carbons (Fsp3) is 0.304. The van der Waals surface area contributed by atoms with Crippen LogP contribution in [0.2, 0.25) is 0 Å². The largest absolute Gasteiger partial charge is 0.352 e. The lowest BCUT2D eigenvalue weighted by molar-refractivity contribution is -0.395. The van der Waals surface area contributed by atoms with E-state index in [1.165, 1.54) is 16.8 Å². The van der Waals surface area contributed by atoms with E-state index in [1.807, 2.05) is 49.1 Å². The third-order valence-corrected chi connectivity index (χ3v) is 8.25. The summed E-state index contributed by atoms with van der Waals surface area (Å²) in [6, 6.07) is 11.5. The van der Waals surface area contributed by atoms with Gasteiger partial charge in [-0.25, -0.2) is 8.42 Å². The first-order valence-electron chi connectivity index (χ1n) is 11.1. The van der Waals surface area contributed by atoms with Crippen LogP contribution in [0.3, 0.4) is 0 Å². The van der Waals surface area contributed by atoms with Crippen LogP contribution in [0.4, 0.5) is 17.2 Å². The maximum Gasteiger partial charge on any atom is 0.280 e. The number of sulfonamides is 1. The Kier molecular flexibility index (Phi) is 6.69. The number of hydrogen-bond donors (Lipinski definition) is 0. The predicted molar refractivity (Wildman–Crippen MR) is 132 cm³/mol. The normalized spacial score (nSPS) is 14.6. The van der Waals surface area contributed by atoms with Crippen LogP contribution < -0.4 is 4.90 Å². The van der Waals surface area contributed by atoms with Crippen LogP contribution in [-0.2, 0) is 10.0 Å². The molecule has 0 aliphatic carbocycles. The Labute approximate surface area is 207 Å². The lowest BCUT2D eigenvalue weighted by Gasteiger charge is -2.34. The minimum atomic E-state index is -4.19. The highest BCUT2D eigenvalue weighted by atomic mass is 32.2. The van der Waals surface area contributed by atoms with Crippen molar-refractivity contribution in [1.29, 1.82) is 0 Å². The smallest absolute Gasteiger partial charge is 0.280 e. The highest BCUT2D eigenvalue weighted by Gasteiger charge is 2.33. The third kappa shape index (κ3) is 4.75. The molecular weight excluding hydrogens is 488 g/mol. The Morgan fingerprint density at radius 2 is 1.42 bits per heavy atom. The topological polar surface area (TPSA) is 153 Å². The molecule has 4 rings (SSSR count). The van der Waals surface area contributed by atoms with Gasteiger partial charge in [-0.2, -0.15) is 4.31 Å². The molecule has 1 aromatic heterocycles. The number of benzene rings is 2. The van der Waals surface area contributed by atoms with Crippen molar-refractivity contribution in [3.8, 4) is 11.3 Å². The molecule has 2 aromatic carbocycles. The summed E-state index contributed by atoms with van der Waals surface area (Å²) in [6.07, 6.45) is 0. The van der Waals surface area contributed by atoms with E-state index in [-0.39, 0.29) is 18.7 Å². The predicted octanol–water partition coefficient (Wildman–Crippen LogP) is 3.40. The summed E-state index contributed by atoms with van der Waals surface area (Å²) in [7, 11) is -4.19. The van der Waals surface area contributed by atoms with Gasteiger partial charge in [-0.1, -0.05) is 12.1 Å². The molecule has 2 heterocycles. The van der Waals surface area contributed by atoms with Gasteiger partial charge in [-0.15, -0.1) is 10.2 Å². The molecule has 0 spiro atoms. The van der Waals surface area contributed by atoms with Crippen LogP contribution in [0, 0.1) is 41.0 Å². The first-order chi connectivity index (χ1) is 17.0. The average Bonchev–Trinajstić information content (AvgIpc) is 2.85. The minimum absolute atomic E-state index is 0.0817. The van der Waals surface area contributed by atoms with Crippen LogP contribution in [0.1, 0.15) is 16.7 Å². The van der Waals surface area contributed by atoms with E-state index in [9.17, 15) is 28.6 Å². The molecule has 1 aliphatic rings. The van der Waals surface area contributed by atoms with Gasteiger partial charge in [0, 0.05) is 43.9 Å². The first-order valence-corrected chi connectivity index (χ1v) is 12.5. The Balaban J connectivity index is 1.51. The van der Waals surface area contributed by atoms with Crippen LogP contribution in [0.5, 0.6) is 0 Å². The SMILES string of the molecule is Cc1ccc(-c2ccc(N3CCN(S(=O)(=O)c4cc([N+](=O)[O-])c(C)c([N+](=O)[O-])c4)CC3)nn2)cc1C. The van der Waals surface area contributed by atoms with Gasteiger partial charge in [0.15, 0.2) is 5.82 Å². The molecule has 0 N–H and O–H groups in total. The van der Waals surface area contributed by atoms with Gasteiger partial charge in [0.05, 0.1) is 20.4 Å². The van der Waals surface area contributed by atoms with Crippen LogP contribution >= 0.6 is 0 Å². The lowest BCUT2D eigenvalue weighted by Crippen LogP contribution is -2.49. The van der Waals surface area contributed by atoms with Crippen molar-refractivity contribution in [2.75, 3.05) is 31.1 Å². The second-order valence-corrected chi connectivity index (χ2v) is 10.5. The molecule has 0 amide bonds. The monoisotopic (exact) mass is 512 g/mol. The summed E-state index contributed by atoms with van der Waals surface area (Å²) in [5.41, 5.74) is 2.60. The molecule has 0 bridgehead atoms. The molecule has 0 saturated carbocycles. The van der Waals surface area contributed by atoms with Gasteiger partial charge in [-0.3, -0.25) is 20.2 Å². The number of aromatic nitrogens is 2. The van der Waals surface area contributed by atoms with E-state index in [0.717, 1.165) is 29.0 Å². The van der Waals surface area contributed by atoms with Crippen LogP contribution in [-0.4, -0.2) is 58.9 Å². The van der Waals surface area contributed by atoms with Crippen molar-refractivity contribution in [3.63, 3.8) is 0 Å². The van der Waals surface area contributed by atoms with Crippen LogP contribution in [0.25, 0.3) is 11.3 Å². The minimum Gasteiger partial charge on any atom is -0.352 e. The summed E-state index contributed by atoms with van der Waals surface area (Å²) in [6.45, 7) is 6.07. The number of nitro groups is 2. The van der Waals surface area contributed by atoms with Gasteiger partial charge in [-0.05, 0) is 50.1 Å². The highest BCUT2D eigenvalue weighted by molar-refractivity contribution is 7.89. The van der Waals surface area contributed by atoms with E-state index < -0.39 is 36.1 Å². The van der Waals surface area contributed by atoms with Gasteiger partial charge in [0.25, 0.3) is 11.4 Å². The average molecular weight is 513 g/mol. The van der Waals surface area contributed by atoms with Crippen molar-refractivity contribution in [2.24, 2.45) is 0 Å². The molecule has 0 atom stereocenters. The summed E-state index contributed by atoms with van der Waals surface area (Å²) < 4.78 is 27.5. The quantitative estimate of drug-likeness (QED) is 0.357. The number of hydrogen-bond acceptors (Lipinski definition) is 9. The molecule has 36 heavy (non-hydrogen) atoms. The summed E-state index contributed by atoms with van der Waals surface area (Å²) in [5.74, 6) is 0.598. The van der Waals surface area contributed by atoms with E-state index >= 15 is 0 Å². The van der Waals surface area contributed by atoms with Crippen molar-refractivity contribution in [2.45, 2.75) is 25.7 Å². The molecule has 0 unspecified atom stereocenters. The Morgan fingerprint density at radius 3 is 1.92 bits per heavy atom. The molecule has 188 valence electrons. The molecule has 3 aromatic rings. The fourth-order valence-electron chi connectivity index (χ4n) is 4.04. The lowest BCUT2D eigenvalue weighted by atomic mass is 10.0. The maximum atomic E-state index is 13.2. The molecular formula is C23H24N6O6S. The zero-order valence-electron chi connectivity index (χ0n) is 19.9. The number of anilines is 1. The van der Waals surface area contributed by atoms with Gasteiger partial charge in [0.1, 0.15) is 5.56 Å². The number of piperazine rings is 1. The van der Waals surface area contributed by atoms with Gasteiger partial charge in [0.2, 0.25) is 10.0 Å². The molecule has 1 aliphatic heterocycles. The van der Waals surface area contributed by atoms with Crippen molar-refractivity contribution in [1.82, 2.24) is 14.5 Å². The highest BCUT2D eigenvalue weighted by Crippen LogP contribution is 2.33. The van der Waals surface area contributed by atoms with Crippen molar-refractivity contribution >= 4 is 27.2 Å². The number of aryl methyl sites for hydroxylation is 2. The van der Waals surface area contributed by atoms with E-state index in [0.29, 0.717) is 18.9 Å². The zero-order valence-corrected chi connectivity index (χ0v) is 20.7. The van der Waals surface area contributed by atoms with E-state index in [1.54, 1.807) is 0 Å². The molecule has 1 saturated heterocycles. The Hall–Kier alpha value is -3.97. The standard InChI is InChI=1S/C23H24N6O6S/c1-15-4-5-18(12-16(15)2)20-6-7-23(25-24-20)26-8-10-27(11-9-26)36(34,35)19-13-21(28(30)31)17(3)22(14-19)29(32)33/h4-7,12-14H,8-11H2,1-3H3. The third-order valence-electron chi connectivity index (χ3n) is 6.37. The summed E-state index contributed by atoms with van der Waals surface area (Å²) >= 11 is 0. The van der Waals surface area contributed by atoms with E-state index in [4.69, 9.17) is 0 Å². The number of nitro benzene ring substituents is 2. The number of nitrogens with zero attached hydrogens (tertiary/aromatic N) is 6. The zero-order chi connectivity index (χ0) is 26.2. The molecule has 1 fully saturated rings. The number of rotatable bonds is 6. The van der Waals surface area contributed by atoms with Gasteiger partial charge >= 0.3 is 0 Å². The molecule has 0 radical (unpaired) electrons. The summed E-state index contributed by atoms with van der Waals surface area (Å²) in [4.78, 5) is 22.5. The van der Waals surface area contributed by atoms with Gasteiger partial charge < -0.3 is 4.90 Å². The van der Waals surface area contributed by atoms with Crippen LogP contribution in [0.15, 0.2) is 47.4 Å². The van der Waals surface area contributed by atoms with E-state index in [2.05, 4.69) is 10.2 Å². The second kappa shape index (κ2) is 9.59. The molecule has 13 heteroatoms. The summed E-state index contributed by atoms with van der Waals surface area (Å²) in [5, 5.41) is 31.3. The van der Waals surface area contributed by atoms with Crippen molar-refractivity contribution < 1.29 is 18.3 Å². The molecule has 12 nitrogen and oxygen atoms in total. The second-order valence-electron chi connectivity index (χ2n) is 8.57. The maximum absolute atomic E-state index is 13.2. The Morgan fingerprint density at radius 1 is 0.806 bits per heavy atom. The first kappa shape index (κ1) is 25.1. The fourth-order valence-corrected chi connectivity index (χ4v) is 5.51. The van der Waals surface area contributed by atoms with Crippen molar-refractivity contribution in [3.05, 3.63) is 79.4 Å².